The molecule has 0 spiro atoms. The van der Waals surface area contributed by atoms with Gasteiger partial charge in [0.25, 0.3) is 0 Å². The lowest BCUT2D eigenvalue weighted by Gasteiger charge is -2.16. The summed E-state index contributed by atoms with van der Waals surface area (Å²) in [6.45, 7) is 10.4. The Bertz CT molecular complexity index is 73.7. The van der Waals surface area contributed by atoms with Gasteiger partial charge in [-0.25, -0.2) is 0 Å². The van der Waals surface area contributed by atoms with Gasteiger partial charge in [-0.05, 0) is 12.7 Å². The van der Waals surface area contributed by atoms with Gasteiger partial charge in [-0.3, -0.25) is 0 Å². The summed E-state index contributed by atoms with van der Waals surface area (Å²) in [5.41, 5.74) is 0.962. The molecule has 0 aromatic carbocycles. The Balaban J connectivity index is 3.40. The Kier molecular flexibility index (Phi) is 6.03. The Hall–Kier alpha value is 0.177. The van der Waals surface area contributed by atoms with Crippen molar-refractivity contribution in [3.63, 3.8) is 0 Å². The largest absolute Gasteiger partial charge is 0.320 e. The SMILES string of the molecule is CCNC[SiH](CC)C(C)C. The predicted molar refractivity (Wildman–Crippen MR) is 51.3 cm³/mol. The van der Waals surface area contributed by atoms with E-state index in [1.165, 1.54) is 12.2 Å². The first-order valence-corrected chi connectivity index (χ1v) is 6.73. The van der Waals surface area contributed by atoms with Crippen molar-refractivity contribution in [2.75, 3.05) is 12.7 Å². The number of rotatable bonds is 5. The molecule has 0 aliphatic rings. The molecule has 0 aromatic rings. The molecule has 2 heteroatoms. The molecule has 0 saturated carbocycles. The molecule has 0 radical (unpaired) electrons. The van der Waals surface area contributed by atoms with E-state index in [4.69, 9.17) is 0 Å². The summed E-state index contributed by atoms with van der Waals surface area (Å²) in [7, 11) is -0.415. The molecule has 0 saturated heterocycles. The molecule has 10 heavy (non-hydrogen) atoms. The number of nitrogens with one attached hydrogen (secondary N) is 1. The van der Waals surface area contributed by atoms with Crippen LogP contribution in [0.5, 0.6) is 0 Å². The van der Waals surface area contributed by atoms with E-state index in [0.29, 0.717) is 0 Å². The number of hydrogen-bond acceptors (Lipinski definition) is 1. The van der Waals surface area contributed by atoms with Gasteiger partial charge in [0.2, 0.25) is 0 Å². The third-order valence-corrected chi connectivity index (χ3v) is 5.87. The summed E-state index contributed by atoms with van der Waals surface area (Å²) in [6.07, 6.45) is 1.32. The van der Waals surface area contributed by atoms with Gasteiger partial charge in [-0.15, -0.1) is 0 Å². The third kappa shape index (κ3) is 4.07. The summed E-state index contributed by atoms with van der Waals surface area (Å²) in [5, 5.41) is 3.44. The minimum Gasteiger partial charge on any atom is -0.320 e. The molecule has 1 unspecified atom stereocenters. The first-order chi connectivity index (χ1) is 4.72. The van der Waals surface area contributed by atoms with Crippen molar-refractivity contribution in [1.82, 2.24) is 5.32 Å². The van der Waals surface area contributed by atoms with Crippen LogP contribution in [-0.2, 0) is 0 Å². The van der Waals surface area contributed by atoms with Crippen LogP contribution in [0.1, 0.15) is 27.7 Å². The molecule has 1 atom stereocenters. The lowest BCUT2D eigenvalue weighted by Crippen LogP contribution is -2.32. The van der Waals surface area contributed by atoms with E-state index in [1.807, 2.05) is 0 Å². The molecule has 0 heterocycles. The van der Waals surface area contributed by atoms with Crippen LogP contribution < -0.4 is 5.32 Å². The Morgan fingerprint density at radius 2 is 1.90 bits per heavy atom. The summed E-state index contributed by atoms with van der Waals surface area (Å²) in [6, 6.07) is 1.44. The van der Waals surface area contributed by atoms with Crippen molar-refractivity contribution in [2.24, 2.45) is 0 Å². The van der Waals surface area contributed by atoms with E-state index in [0.717, 1.165) is 12.1 Å². The monoisotopic (exact) mass is 159 g/mol. The van der Waals surface area contributed by atoms with Gasteiger partial charge in [0.1, 0.15) is 0 Å². The Morgan fingerprint density at radius 3 is 2.20 bits per heavy atom. The second-order valence-electron chi connectivity index (χ2n) is 3.22. The van der Waals surface area contributed by atoms with Crippen LogP contribution in [0.4, 0.5) is 0 Å². The summed E-state index contributed by atoms with van der Waals surface area (Å²) in [5.74, 6) is 0. The summed E-state index contributed by atoms with van der Waals surface area (Å²) >= 11 is 0. The average molecular weight is 159 g/mol. The van der Waals surface area contributed by atoms with Crippen LogP contribution in [0, 0.1) is 0 Å². The van der Waals surface area contributed by atoms with Gasteiger partial charge < -0.3 is 5.32 Å². The molecule has 0 amide bonds. The predicted octanol–water partition coefficient (Wildman–Crippen LogP) is 1.79. The average Bonchev–Trinajstić information content (AvgIpc) is 1.89. The molecule has 62 valence electrons. The summed E-state index contributed by atoms with van der Waals surface area (Å²) in [4.78, 5) is 0. The number of hydrogen-bond donors (Lipinski definition) is 1. The highest BCUT2D eigenvalue weighted by Crippen LogP contribution is 2.09. The normalized spacial score (nSPS) is 14.1. The van der Waals surface area contributed by atoms with Crippen LogP contribution in [0.25, 0.3) is 0 Å². The van der Waals surface area contributed by atoms with Gasteiger partial charge in [0.15, 0.2) is 0 Å². The zero-order valence-corrected chi connectivity index (χ0v) is 8.93. The van der Waals surface area contributed by atoms with Crippen LogP contribution >= 0.6 is 0 Å². The summed E-state index contributed by atoms with van der Waals surface area (Å²) < 4.78 is 0. The van der Waals surface area contributed by atoms with Gasteiger partial charge in [0, 0.05) is 0 Å². The van der Waals surface area contributed by atoms with Crippen molar-refractivity contribution in [3.8, 4) is 0 Å². The van der Waals surface area contributed by atoms with Crippen molar-refractivity contribution < 1.29 is 0 Å². The van der Waals surface area contributed by atoms with Crippen molar-refractivity contribution in [1.29, 1.82) is 0 Å². The van der Waals surface area contributed by atoms with Crippen molar-refractivity contribution >= 4 is 8.80 Å². The van der Waals surface area contributed by atoms with Crippen molar-refractivity contribution in [3.05, 3.63) is 0 Å². The second-order valence-corrected chi connectivity index (χ2v) is 7.30. The highest BCUT2D eigenvalue weighted by molar-refractivity contribution is 6.60. The quantitative estimate of drug-likeness (QED) is 0.603. The maximum absolute atomic E-state index is 3.44. The highest BCUT2D eigenvalue weighted by Gasteiger charge is 2.10. The zero-order valence-electron chi connectivity index (χ0n) is 7.78. The minimum atomic E-state index is -0.415. The Morgan fingerprint density at radius 1 is 1.30 bits per heavy atom. The van der Waals surface area contributed by atoms with Crippen molar-refractivity contribution in [2.45, 2.75) is 39.3 Å². The zero-order chi connectivity index (χ0) is 7.98. The molecule has 0 aromatic heterocycles. The van der Waals surface area contributed by atoms with Gasteiger partial charge >= 0.3 is 0 Å². The van der Waals surface area contributed by atoms with Crippen LogP contribution in [0.15, 0.2) is 0 Å². The second kappa shape index (κ2) is 5.92. The smallest absolute Gasteiger partial charge is 0.0549 e. The van der Waals surface area contributed by atoms with E-state index in [-0.39, 0.29) is 0 Å². The Labute approximate surface area is 66.8 Å². The fourth-order valence-electron chi connectivity index (χ4n) is 1.18. The lowest BCUT2D eigenvalue weighted by molar-refractivity contribution is 0.807. The molecule has 1 nitrogen and oxygen atoms in total. The fourth-order valence-corrected chi connectivity index (χ4v) is 3.54. The van der Waals surface area contributed by atoms with E-state index < -0.39 is 8.80 Å². The van der Waals surface area contributed by atoms with Crippen LogP contribution in [-0.4, -0.2) is 21.5 Å². The molecule has 0 aliphatic carbocycles. The van der Waals surface area contributed by atoms with Gasteiger partial charge in [-0.1, -0.05) is 39.3 Å². The molecule has 0 bridgehead atoms. The molecule has 0 fully saturated rings. The van der Waals surface area contributed by atoms with Crippen LogP contribution in [0.2, 0.25) is 11.6 Å². The van der Waals surface area contributed by atoms with E-state index in [2.05, 4.69) is 33.0 Å². The third-order valence-electron chi connectivity index (χ3n) is 2.12. The maximum Gasteiger partial charge on any atom is 0.0549 e. The van der Waals surface area contributed by atoms with Crippen LogP contribution in [0.3, 0.4) is 0 Å². The molecule has 1 N–H and O–H groups in total. The molecular weight excluding hydrogens is 138 g/mol. The molecule has 0 aliphatic heterocycles. The first kappa shape index (κ1) is 10.2. The van der Waals surface area contributed by atoms with E-state index >= 15 is 0 Å². The fraction of sp³-hybridized carbons (Fsp3) is 1.00. The standard InChI is InChI=1S/C8H21NSi/c1-5-9-7-10(6-2)8(3)4/h8-10H,5-7H2,1-4H3. The first-order valence-electron chi connectivity index (χ1n) is 4.43. The van der Waals surface area contributed by atoms with E-state index in [1.54, 1.807) is 0 Å². The highest BCUT2D eigenvalue weighted by atomic mass is 28.3. The molecule has 0 rings (SSSR count). The molecular formula is C8H21NSi. The minimum absolute atomic E-state index is 0.415. The topological polar surface area (TPSA) is 12.0 Å². The van der Waals surface area contributed by atoms with Gasteiger partial charge in [-0.2, -0.15) is 0 Å². The lowest BCUT2D eigenvalue weighted by atomic mass is 10.6. The van der Waals surface area contributed by atoms with Gasteiger partial charge in [0.05, 0.1) is 8.80 Å². The van der Waals surface area contributed by atoms with E-state index in [9.17, 15) is 0 Å². The maximum atomic E-state index is 3.44.